The first kappa shape index (κ1) is 16.2. The highest BCUT2D eigenvalue weighted by atomic mass is 16.3. The van der Waals surface area contributed by atoms with Gasteiger partial charge < -0.3 is 10.0 Å². The number of aliphatic hydroxyl groups excluding tert-OH is 1. The van der Waals surface area contributed by atoms with E-state index in [4.69, 9.17) is 0 Å². The fourth-order valence-corrected chi connectivity index (χ4v) is 2.47. The summed E-state index contributed by atoms with van der Waals surface area (Å²) in [7, 11) is 2.07. The van der Waals surface area contributed by atoms with Gasteiger partial charge in [0.1, 0.15) is 0 Å². The van der Waals surface area contributed by atoms with Gasteiger partial charge in [-0.25, -0.2) is 0 Å². The van der Waals surface area contributed by atoms with E-state index in [-0.39, 0.29) is 5.41 Å². The van der Waals surface area contributed by atoms with Crippen molar-refractivity contribution in [2.24, 2.45) is 5.41 Å². The van der Waals surface area contributed by atoms with Gasteiger partial charge in [0, 0.05) is 13.1 Å². The van der Waals surface area contributed by atoms with Crippen LogP contribution in [0.3, 0.4) is 0 Å². The third-order valence-corrected chi connectivity index (χ3v) is 3.13. The molecule has 0 radical (unpaired) electrons. The Morgan fingerprint density at radius 1 is 1.16 bits per heavy atom. The van der Waals surface area contributed by atoms with E-state index in [1.54, 1.807) is 0 Å². The van der Waals surface area contributed by atoms with Crippen molar-refractivity contribution in [1.29, 1.82) is 0 Å². The summed E-state index contributed by atoms with van der Waals surface area (Å²) in [4.78, 5) is 2.20. The van der Waals surface area contributed by atoms with E-state index >= 15 is 0 Å². The number of aliphatic hydroxyl groups is 1. The van der Waals surface area contributed by atoms with Crippen molar-refractivity contribution in [3.63, 3.8) is 0 Å². The van der Waals surface area contributed by atoms with Crippen LogP contribution in [0.2, 0.25) is 0 Å². The molecule has 1 atom stereocenters. The molecule has 2 heteroatoms. The van der Waals surface area contributed by atoms with Crippen LogP contribution in [0.4, 0.5) is 0 Å². The molecule has 0 heterocycles. The quantitative estimate of drug-likeness (QED) is 0.847. The Morgan fingerprint density at radius 2 is 1.74 bits per heavy atom. The Kier molecular flexibility index (Phi) is 6.02. The lowest BCUT2D eigenvalue weighted by molar-refractivity contribution is 0.108. The summed E-state index contributed by atoms with van der Waals surface area (Å²) in [6, 6.07) is 8.37. The Bertz CT molecular complexity index is 364. The fourth-order valence-electron chi connectivity index (χ4n) is 2.47. The third kappa shape index (κ3) is 6.22. The van der Waals surface area contributed by atoms with E-state index in [9.17, 15) is 5.11 Å². The second-order valence-electron chi connectivity index (χ2n) is 6.76. The molecule has 19 heavy (non-hydrogen) atoms. The molecule has 1 unspecified atom stereocenters. The molecular formula is C17H29NO. The number of likely N-dealkylation sites (N-methyl/N-ethyl adjacent to an activating group) is 1. The molecule has 0 fully saturated rings. The summed E-state index contributed by atoms with van der Waals surface area (Å²) in [5, 5.41) is 10.3. The molecule has 108 valence electrons. The molecule has 1 rings (SSSR count). The van der Waals surface area contributed by atoms with Crippen LogP contribution in [0.1, 0.15) is 51.3 Å². The summed E-state index contributed by atoms with van der Waals surface area (Å²) >= 11 is 0. The smallest absolute Gasteiger partial charge is 0.0916 e. The molecular weight excluding hydrogens is 234 g/mol. The monoisotopic (exact) mass is 263 g/mol. The van der Waals surface area contributed by atoms with Crippen LogP contribution in [0.15, 0.2) is 24.3 Å². The van der Waals surface area contributed by atoms with Crippen molar-refractivity contribution in [1.82, 2.24) is 4.90 Å². The number of benzene rings is 1. The molecule has 0 aliphatic carbocycles. The van der Waals surface area contributed by atoms with Crippen molar-refractivity contribution in [3.05, 3.63) is 35.4 Å². The molecule has 0 aliphatic heterocycles. The molecule has 0 spiro atoms. The van der Waals surface area contributed by atoms with Gasteiger partial charge in [-0.2, -0.15) is 0 Å². The van der Waals surface area contributed by atoms with Crippen LogP contribution in [0.5, 0.6) is 0 Å². The van der Waals surface area contributed by atoms with E-state index in [1.807, 2.05) is 0 Å². The van der Waals surface area contributed by atoms with Crippen molar-refractivity contribution in [2.45, 2.75) is 46.6 Å². The van der Waals surface area contributed by atoms with E-state index < -0.39 is 6.10 Å². The molecule has 0 aliphatic rings. The van der Waals surface area contributed by atoms with Crippen LogP contribution in [-0.2, 0) is 6.42 Å². The van der Waals surface area contributed by atoms with Crippen molar-refractivity contribution in [3.8, 4) is 0 Å². The normalized spacial score (nSPS) is 13.8. The minimum absolute atomic E-state index is 0.263. The van der Waals surface area contributed by atoms with E-state index in [2.05, 4.69) is 63.9 Å². The van der Waals surface area contributed by atoms with Gasteiger partial charge in [0.05, 0.1) is 6.10 Å². The maximum atomic E-state index is 10.3. The topological polar surface area (TPSA) is 23.5 Å². The molecule has 0 amide bonds. The van der Waals surface area contributed by atoms with Gasteiger partial charge >= 0.3 is 0 Å². The maximum Gasteiger partial charge on any atom is 0.0916 e. The largest absolute Gasteiger partial charge is 0.387 e. The molecule has 0 bridgehead atoms. The lowest BCUT2D eigenvalue weighted by atomic mass is 9.96. The average Bonchev–Trinajstić information content (AvgIpc) is 2.27. The Labute approximate surface area is 118 Å². The zero-order valence-electron chi connectivity index (χ0n) is 13.1. The van der Waals surface area contributed by atoms with Crippen LogP contribution in [-0.4, -0.2) is 30.1 Å². The van der Waals surface area contributed by atoms with Crippen molar-refractivity contribution >= 4 is 0 Å². The Morgan fingerprint density at radius 3 is 2.21 bits per heavy atom. The van der Waals surface area contributed by atoms with Crippen LogP contribution in [0, 0.1) is 5.41 Å². The van der Waals surface area contributed by atoms with Gasteiger partial charge in [0.25, 0.3) is 0 Å². The fraction of sp³-hybridized carbons (Fsp3) is 0.647. The SMILES string of the molecule is CCCc1ccc(C(O)CN(C)CC(C)(C)C)cc1. The van der Waals surface area contributed by atoms with Crippen LogP contribution >= 0.6 is 0 Å². The molecule has 0 saturated carbocycles. The second-order valence-corrected chi connectivity index (χ2v) is 6.76. The van der Waals surface area contributed by atoms with E-state index in [1.165, 1.54) is 5.56 Å². The number of hydrogen-bond acceptors (Lipinski definition) is 2. The lowest BCUT2D eigenvalue weighted by Crippen LogP contribution is -2.32. The molecule has 0 saturated heterocycles. The first-order chi connectivity index (χ1) is 8.81. The molecule has 1 N–H and O–H groups in total. The number of aryl methyl sites for hydroxylation is 1. The molecule has 1 aromatic carbocycles. The van der Waals surface area contributed by atoms with Gasteiger partial charge in [-0.05, 0) is 30.0 Å². The van der Waals surface area contributed by atoms with Gasteiger partial charge in [-0.3, -0.25) is 0 Å². The maximum absolute atomic E-state index is 10.3. The summed E-state index contributed by atoms with van der Waals surface area (Å²) in [5.41, 5.74) is 2.63. The van der Waals surface area contributed by atoms with Gasteiger partial charge in [0.15, 0.2) is 0 Å². The number of hydrogen-bond donors (Lipinski definition) is 1. The van der Waals surface area contributed by atoms with Crippen molar-refractivity contribution in [2.75, 3.05) is 20.1 Å². The molecule has 2 nitrogen and oxygen atoms in total. The van der Waals surface area contributed by atoms with Gasteiger partial charge in [-0.15, -0.1) is 0 Å². The first-order valence-corrected chi connectivity index (χ1v) is 7.27. The minimum atomic E-state index is -0.400. The zero-order chi connectivity index (χ0) is 14.5. The van der Waals surface area contributed by atoms with Crippen LogP contribution in [0.25, 0.3) is 0 Å². The highest BCUT2D eigenvalue weighted by Crippen LogP contribution is 2.19. The van der Waals surface area contributed by atoms with Gasteiger partial charge in [0.2, 0.25) is 0 Å². The summed E-state index contributed by atoms with van der Waals surface area (Å²) < 4.78 is 0. The predicted molar refractivity (Wildman–Crippen MR) is 82.3 cm³/mol. The summed E-state index contributed by atoms with van der Waals surface area (Å²) in [6.07, 6.45) is 1.87. The summed E-state index contributed by atoms with van der Waals surface area (Å²) in [6.45, 7) is 10.5. The highest BCUT2D eigenvalue weighted by molar-refractivity contribution is 5.24. The van der Waals surface area contributed by atoms with E-state index in [0.29, 0.717) is 6.54 Å². The number of nitrogens with zero attached hydrogens (tertiary/aromatic N) is 1. The molecule has 0 aromatic heterocycles. The Balaban J connectivity index is 2.55. The highest BCUT2D eigenvalue weighted by Gasteiger charge is 2.16. The molecule has 1 aromatic rings. The zero-order valence-corrected chi connectivity index (χ0v) is 13.1. The third-order valence-electron chi connectivity index (χ3n) is 3.13. The van der Waals surface area contributed by atoms with Crippen LogP contribution < -0.4 is 0 Å². The number of rotatable bonds is 6. The van der Waals surface area contributed by atoms with Crippen molar-refractivity contribution < 1.29 is 5.11 Å². The lowest BCUT2D eigenvalue weighted by Gasteiger charge is -2.28. The van der Waals surface area contributed by atoms with E-state index in [0.717, 1.165) is 24.9 Å². The minimum Gasteiger partial charge on any atom is -0.387 e. The summed E-state index contributed by atoms with van der Waals surface area (Å²) in [5.74, 6) is 0. The predicted octanol–water partition coefficient (Wildman–Crippen LogP) is 3.65. The first-order valence-electron chi connectivity index (χ1n) is 7.27. The Hall–Kier alpha value is -0.860. The second kappa shape index (κ2) is 7.06. The standard InChI is InChI=1S/C17H29NO/c1-6-7-14-8-10-15(11-9-14)16(19)12-18(5)13-17(2,3)4/h8-11,16,19H,6-7,12-13H2,1-5H3. The van der Waals surface area contributed by atoms with Gasteiger partial charge in [-0.1, -0.05) is 58.4 Å². The average molecular weight is 263 g/mol.